The van der Waals surface area contributed by atoms with Gasteiger partial charge in [0.25, 0.3) is 0 Å². The van der Waals surface area contributed by atoms with Gasteiger partial charge in [0.2, 0.25) is 35.4 Å². The molecule has 0 saturated carbocycles. The average Bonchev–Trinajstić information content (AvgIpc) is 3.82. The number of phenolic OH excluding ortho intramolecular Hbond substituents is 2. The summed E-state index contributed by atoms with van der Waals surface area (Å²) in [4.78, 5) is 86.3. The number of hydrogen-bond donors (Lipinski definition) is 7. The van der Waals surface area contributed by atoms with Gasteiger partial charge in [-0.15, -0.1) is 0 Å². The predicted octanol–water partition coefficient (Wildman–Crippen LogP) is 4.42. The first kappa shape index (κ1) is 48.6. The number of nitrogens with zero attached hydrogens (tertiary/aromatic N) is 2. The van der Waals surface area contributed by atoms with Gasteiger partial charge in [-0.1, -0.05) is 60.7 Å². The molecule has 1 fully saturated rings. The largest absolute Gasteiger partial charge is 0.507 e. The predicted molar refractivity (Wildman–Crippen MR) is 246 cm³/mol. The van der Waals surface area contributed by atoms with Crippen molar-refractivity contribution in [2.75, 3.05) is 26.7 Å². The lowest BCUT2D eigenvalue weighted by atomic mass is 9.93. The molecule has 5 rings (SSSR count). The fourth-order valence-electron chi connectivity index (χ4n) is 7.71. The molecule has 2 aliphatic heterocycles. The monoisotopic (exact) mass is 895 g/mol. The van der Waals surface area contributed by atoms with Gasteiger partial charge in [0.15, 0.2) is 0 Å². The SMILES string of the molecule is C=C/C(=C\C=C(/C)C(=O)N[C@@H](CCCCN)C(=O)N(C)[C@@H]1C(=O)N[C@@H](C)C(=O)N[C@H](C(=O)N[C@@H](C)C(=O)N2CCCC2)Cc2ccc(O)c(c2)-c2cc1ccc2O)c1ccc(Cl)cc1. The van der Waals surface area contributed by atoms with Crippen molar-refractivity contribution in [1.82, 2.24) is 31.1 Å². The molecular formula is C48H58ClN7O8. The Morgan fingerprint density at radius 3 is 2.25 bits per heavy atom. The van der Waals surface area contributed by atoms with Gasteiger partial charge >= 0.3 is 0 Å². The molecule has 3 aromatic rings. The molecule has 15 nitrogen and oxygen atoms in total. The van der Waals surface area contributed by atoms with E-state index in [-0.39, 0.29) is 52.5 Å². The van der Waals surface area contributed by atoms with E-state index in [4.69, 9.17) is 17.3 Å². The number of likely N-dealkylation sites (tertiary alicyclic amines) is 1. The van der Waals surface area contributed by atoms with Crippen LogP contribution in [0.25, 0.3) is 16.7 Å². The molecule has 3 aromatic carbocycles. The van der Waals surface area contributed by atoms with Crippen molar-refractivity contribution in [3.8, 4) is 22.6 Å². The molecule has 2 heterocycles. The highest BCUT2D eigenvalue weighted by Crippen LogP contribution is 2.39. The number of nitrogens with two attached hydrogens (primary N) is 1. The molecule has 8 N–H and O–H groups in total. The Morgan fingerprint density at radius 1 is 0.938 bits per heavy atom. The standard InChI is InChI=1S/C48H58ClN7O8/c1-6-32(33-15-18-35(49)19-16-33)14-12-28(2)43(59)53-38(11-7-8-22-50)48(64)55(5)42-34-17-21-41(58)37(27-34)36-25-31(13-20-40(36)57)26-39(54-44(60)29(3)51-46(42)62)45(61)52-30(4)47(63)56-23-9-10-24-56/h6,12-21,25,27,29-30,38-39,42,57-58H,1,7-11,22-24,26,50H2,2-5H3,(H,51,62)(H,52,61)(H,53,59)(H,54,60)/b28-12+,32-14+/t29-,30-,38-,39-,42-/m0/s1. The number of fused-ring (bicyclic) bond motifs is 5. The number of phenols is 2. The number of aromatic hydroxyl groups is 2. The van der Waals surface area contributed by atoms with Crippen LogP contribution in [-0.2, 0) is 35.2 Å². The van der Waals surface area contributed by atoms with Crippen LogP contribution in [0.1, 0.15) is 75.6 Å². The summed E-state index contributed by atoms with van der Waals surface area (Å²) in [5.74, 6) is -4.05. The van der Waals surface area contributed by atoms with Gasteiger partial charge in [0.05, 0.1) is 0 Å². The Kier molecular flexibility index (Phi) is 16.9. The van der Waals surface area contributed by atoms with E-state index in [2.05, 4.69) is 27.8 Å². The van der Waals surface area contributed by atoms with Gasteiger partial charge in [-0.2, -0.15) is 0 Å². The Hall–Kier alpha value is -6.45. The number of carbonyl (C=O) groups is 6. The van der Waals surface area contributed by atoms with Gasteiger partial charge in [0, 0.05) is 48.3 Å². The highest BCUT2D eigenvalue weighted by atomic mass is 35.5. The van der Waals surface area contributed by atoms with E-state index in [1.807, 2.05) is 12.1 Å². The summed E-state index contributed by atoms with van der Waals surface area (Å²) in [5, 5.41) is 33.8. The van der Waals surface area contributed by atoms with E-state index in [0.29, 0.717) is 43.1 Å². The van der Waals surface area contributed by atoms with E-state index in [1.165, 1.54) is 38.2 Å². The minimum absolute atomic E-state index is 0.0730. The highest BCUT2D eigenvalue weighted by molar-refractivity contribution is 6.30. The van der Waals surface area contributed by atoms with Gasteiger partial charge in [-0.3, -0.25) is 28.8 Å². The first-order valence-corrected chi connectivity index (χ1v) is 21.8. The molecule has 2 aliphatic rings. The molecular weight excluding hydrogens is 838 g/mol. The maximum absolute atomic E-state index is 14.6. The quantitative estimate of drug-likeness (QED) is 0.0691. The second kappa shape index (κ2) is 22.3. The molecule has 0 unspecified atom stereocenters. The minimum Gasteiger partial charge on any atom is -0.507 e. The van der Waals surface area contributed by atoms with Crippen LogP contribution in [0.2, 0.25) is 5.02 Å². The zero-order valence-corrected chi connectivity index (χ0v) is 37.4. The fraction of sp³-hybridized carbons (Fsp3) is 0.375. The van der Waals surface area contributed by atoms with E-state index in [9.17, 15) is 39.0 Å². The van der Waals surface area contributed by atoms with Crippen molar-refractivity contribution in [1.29, 1.82) is 0 Å². The summed E-state index contributed by atoms with van der Waals surface area (Å²) in [6, 6.07) is 9.99. The third-order valence-corrected chi connectivity index (χ3v) is 11.7. The van der Waals surface area contributed by atoms with Crippen molar-refractivity contribution in [3.63, 3.8) is 0 Å². The van der Waals surface area contributed by atoms with Crippen molar-refractivity contribution >= 4 is 52.6 Å². The number of likely N-dealkylation sites (N-methyl/N-ethyl adjacent to an activating group) is 1. The normalized spacial score (nSPS) is 19.0. The first-order chi connectivity index (χ1) is 30.5. The molecule has 64 heavy (non-hydrogen) atoms. The van der Waals surface area contributed by atoms with Crippen LogP contribution in [0.3, 0.4) is 0 Å². The number of hydrogen-bond acceptors (Lipinski definition) is 9. The summed E-state index contributed by atoms with van der Waals surface area (Å²) >= 11 is 6.06. The summed E-state index contributed by atoms with van der Waals surface area (Å²) in [7, 11) is 1.39. The van der Waals surface area contributed by atoms with Crippen LogP contribution in [0.15, 0.2) is 91.0 Å². The second-order valence-electron chi connectivity index (χ2n) is 16.2. The van der Waals surface area contributed by atoms with Crippen molar-refractivity contribution in [2.45, 2.75) is 89.5 Å². The third kappa shape index (κ3) is 12.2. The molecule has 16 heteroatoms. The van der Waals surface area contributed by atoms with Crippen LogP contribution >= 0.6 is 11.6 Å². The number of carbonyl (C=O) groups excluding carboxylic acids is 6. The molecule has 0 spiro atoms. The van der Waals surface area contributed by atoms with Crippen molar-refractivity contribution in [2.24, 2.45) is 5.73 Å². The smallest absolute Gasteiger partial charge is 0.248 e. The number of halogens is 1. The molecule has 6 amide bonds. The summed E-state index contributed by atoms with van der Waals surface area (Å²) < 4.78 is 0. The molecule has 4 bridgehead atoms. The topological polar surface area (TPSA) is 223 Å². The maximum Gasteiger partial charge on any atom is 0.248 e. The number of allylic oxidation sites excluding steroid dienone is 4. The van der Waals surface area contributed by atoms with E-state index < -0.39 is 59.7 Å². The Bertz CT molecular complexity index is 2310. The van der Waals surface area contributed by atoms with E-state index in [0.717, 1.165) is 28.9 Å². The average molecular weight is 896 g/mol. The molecule has 0 aliphatic carbocycles. The van der Waals surface area contributed by atoms with E-state index in [1.54, 1.807) is 61.2 Å². The van der Waals surface area contributed by atoms with Crippen LogP contribution < -0.4 is 27.0 Å². The van der Waals surface area contributed by atoms with E-state index >= 15 is 0 Å². The Labute approximate surface area is 378 Å². The zero-order valence-electron chi connectivity index (χ0n) is 36.7. The summed E-state index contributed by atoms with van der Waals surface area (Å²) in [5.41, 5.74) is 8.62. The molecule has 0 aromatic heterocycles. The number of benzene rings is 3. The Balaban J connectivity index is 1.48. The summed E-state index contributed by atoms with van der Waals surface area (Å²) in [6.07, 6.45) is 7.83. The number of nitrogens with one attached hydrogen (secondary N) is 4. The first-order valence-electron chi connectivity index (χ1n) is 21.4. The lowest BCUT2D eigenvalue weighted by Crippen LogP contribution is -2.57. The van der Waals surface area contributed by atoms with Crippen LogP contribution in [-0.4, -0.2) is 106 Å². The van der Waals surface area contributed by atoms with Gasteiger partial charge < -0.3 is 47.0 Å². The summed E-state index contributed by atoms with van der Waals surface area (Å²) in [6.45, 7) is 10.00. The molecule has 1 saturated heterocycles. The number of amides is 6. The number of unbranched alkanes of at least 4 members (excludes halogenated alkanes) is 1. The minimum atomic E-state index is -1.44. The fourth-order valence-corrected chi connectivity index (χ4v) is 7.84. The van der Waals surface area contributed by atoms with Gasteiger partial charge in [0.1, 0.15) is 41.7 Å². The van der Waals surface area contributed by atoms with Gasteiger partial charge in [-0.25, -0.2) is 0 Å². The maximum atomic E-state index is 14.6. The molecule has 0 radical (unpaired) electrons. The second-order valence-corrected chi connectivity index (χ2v) is 16.7. The molecule has 5 atom stereocenters. The third-order valence-electron chi connectivity index (χ3n) is 11.5. The van der Waals surface area contributed by atoms with Crippen molar-refractivity contribution < 1.29 is 39.0 Å². The van der Waals surface area contributed by atoms with Gasteiger partial charge in [-0.05, 0) is 118 Å². The van der Waals surface area contributed by atoms with Crippen LogP contribution in [0.5, 0.6) is 11.5 Å². The Morgan fingerprint density at radius 2 is 1.59 bits per heavy atom. The van der Waals surface area contributed by atoms with Crippen molar-refractivity contribution in [3.05, 3.63) is 113 Å². The number of rotatable bonds is 14. The molecule has 340 valence electrons. The van der Waals surface area contributed by atoms with Crippen LogP contribution in [0.4, 0.5) is 0 Å². The lowest BCUT2D eigenvalue weighted by Gasteiger charge is -2.32. The zero-order chi connectivity index (χ0) is 46.7. The van der Waals surface area contributed by atoms with Crippen LogP contribution in [0, 0.1) is 0 Å². The highest BCUT2D eigenvalue weighted by Gasteiger charge is 2.36. The lowest BCUT2D eigenvalue weighted by molar-refractivity contribution is -0.142.